The van der Waals surface area contributed by atoms with Crippen molar-refractivity contribution in [3.05, 3.63) is 78.1 Å². The van der Waals surface area contributed by atoms with Gasteiger partial charge in [-0.3, -0.25) is 0 Å². The van der Waals surface area contributed by atoms with Crippen molar-refractivity contribution in [3.63, 3.8) is 0 Å². The number of phenolic OH excluding ortho intramolecular Hbond substituents is 1. The molecule has 29 heavy (non-hydrogen) atoms. The molecule has 0 saturated heterocycles. The molecule has 4 aromatic rings. The molecule has 8 nitrogen and oxygen atoms in total. The molecule has 0 aliphatic heterocycles. The van der Waals surface area contributed by atoms with E-state index < -0.39 is 5.97 Å². The molecular weight excluding hydrogens is 370 g/mol. The van der Waals surface area contributed by atoms with Crippen LogP contribution >= 0.6 is 0 Å². The van der Waals surface area contributed by atoms with Crippen LogP contribution < -0.4 is 11.1 Å². The van der Waals surface area contributed by atoms with E-state index >= 15 is 0 Å². The number of benzene rings is 3. The maximum absolute atomic E-state index is 12.4. The van der Waals surface area contributed by atoms with Crippen LogP contribution in [0.15, 0.2) is 66.7 Å². The summed E-state index contributed by atoms with van der Waals surface area (Å²) in [7, 11) is 0. The Kier molecular flexibility index (Phi) is 4.90. The highest BCUT2D eigenvalue weighted by Crippen LogP contribution is 2.29. The van der Waals surface area contributed by atoms with Crippen LogP contribution in [0.4, 0.5) is 17.6 Å². The van der Waals surface area contributed by atoms with Gasteiger partial charge < -0.3 is 20.9 Å². The van der Waals surface area contributed by atoms with Crippen LogP contribution in [-0.2, 0) is 11.3 Å². The van der Waals surface area contributed by atoms with Crippen molar-refractivity contribution in [3.8, 4) is 5.75 Å². The molecule has 8 heteroatoms. The zero-order valence-corrected chi connectivity index (χ0v) is 15.2. The standard InChI is InChI=1S/C21H17N5O3/c22-20-24-17(25-21(26-20)23-14-7-2-1-3-8-14)12-29-19(28)16-11-10-13-6-4-5-9-15(13)18(16)27/h1-11,27H,12H2,(H3,22,23,24,25,26). The van der Waals surface area contributed by atoms with Crippen molar-refractivity contribution in [2.24, 2.45) is 0 Å². The number of carbonyl (C=O) groups is 1. The van der Waals surface area contributed by atoms with E-state index in [9.17, 15) is 9.90 Å². The van der Waals surface area contributed by atoms with Gasteiger partial charge in [-0.25, -0.2) is 4.79 Å². The van der Waals surface area contributed by atoms with Gasteiger partial charge in [0.05, 0.1) is 0 Å². The molecule has 144 valence electrons. The van der Waals surface area contributed by atoms with Crippen LogP contribution in [0.2, 0.25) is 0 Å². The molecule has 0 spiro atoms. The average molecular weight is 387 g/mol. The number of nitrogen functional groups attached to an aromatic ring is 1. The van der Waals surface area contributed by atoms with E-state index in [0.717, 1.165) is 11.1 Å². The molecule has 0 aliphatic rings. The quantitative estimate of drug-likeness (QED) is 0.445. The van der Waals surface area contributed by atoms with Crippen LogP contribution in [0.1, 0.15) is 16.2 Å². The Morgan fingerprint density at radius 3 is 2.55 bits per heavy atom. The zero-order chi connectivity index (χ0) is 20.2. The number of nitrogens with zero attached hydrogens (tertiary/aromatic N) is 3. The van der Waals surface area contributed by atoms with Gasteiger partial charge in [0.1, 0.15) is 11.3 Å². The van der Waals surface area contributed by atoms with Crippen LogP contribution in [0.25, 0.3) is 10.8 Å². The summed E-state index contributed by atoms with van der Waals surface area (Å²) in [6.45, 7) is -0.221. The lowest BCUT2D eigenvalue weighted by molar-refractivity contribution is 0.0459. The van der Waals surface area contributed by atoms with Gasteiger partial charge in [0.25, 0.3) is 0 Å². The van der Waals surface area contributed by atoms with Crippen molar-refractivity contribution in [1.29, 1.82) is 0 Å². The summed E-state index contributed by atoms with van der Waals surface area (Å²) in [4.78, 5) is 24.7. The summed E-state index contributed by atoms with van der Waals surface area (Å²) in [5.74, 6) is -0.398. The number of ether oxygens (including phenoxy) is 1. The second-order valence-electron chi connectivity index (χ2n) is 6.18. The normalized spacial score (nSPS) is 10.6. The summed E-state index contributed by atoms with van der Waals surface area (Å²) in [6, 6.07) is 19.8. The zero-order valence-electron chi connectivity index (χ0n) is 15.2. The van der Waals surface area contributed by atoms with Crippen LogP contribution in [0.3, 0.4) is 0 Å². The summed E-state index contributed by atoms with van der Waals surface area (Å²) in [5.41, 5.74) is 6.58. The highest BCUT2D eigenvalue weighted by Gasteiger charge is 2.16. The number of anilines is 3. The predicted octanol–water partition coefficient (Wildman–Crippen LogP) is 3.41. The topological polar surface area (TPSA) is 123 Å². The molecule has 0 saturated carbocycles. The molecular formula is C21H17N5O3. The number of aromatic nitrogens is 3. The number of aromatic hydroxyl groups is 1. The fourth-order valence-corrected chi connectivity index (χ4v) is 2.84. The summed E-state index contributed by atoms with van der Waals surface area (Å²) in [5, 5.41) is 14.8. The first kappa shape index (κ1) is 18.2. The third-order valence-electron chi connectivity index (χ3n) is 4.18. The third-order valence-corrected chi connectivity index (χ3v) is 4.18. The number of nitrogens with two attached hydrogens (primary N) is 1. The molecule has 1 aromatic heterocycles. The highest BCUT2D eigenvalue weighted by atomic mass is 16.5. The van der Waals surface area contributed by atoms with Gasteiger partial charge in [-0.15, -0.1) is 0 Å². The first-order valence-corrected chi connectivity index (χ1v) is 8.80. The third kappa shape index (κ3) is 4.06. The lowest BCUT2D eigenvalue weighted by atomic mass is 10.1. The molecule has 0 aliphatic carbocycles. The highest BCUT2D eigenvalue weighted by molar-refractivity contribution is 6.01. The first-order valence-electron chi connectivity index (χ1n) is 8.80. The van der Waals surface area contributed by atoms with Gasteiger partial charge in [-0.05, 0) is 23.6 Å². The summed E-state index contributed by atoms with van der Waals surface area (Å²) < 4.78 is 5.27. The number of carbonyl (C=O) groups excluding carboxylic acids is 1. The van der Waals surface area contributed by atoms with E-state index in [1.165, 1.54) is 6.07 Å². The van der Waals surface area contributed by atoms with E-state index in [0.29, 0.717) is 5.39 Å². The van der Waals surface area contributed by atoms with Gasteiger partial charge in [0.2, 0.25) is 11.9 Å². The van der Waals surface area contributed by atoms with Crippen molar-refractivity contribution in [1.82, 2.24) is 15.0 Å². The maximum Gasteiger partial charge on any atom is 0.342 e. The first-order chi connectivity index (χ1) is 14.1. The fourth-order valence-electron chi connectivity index (χ4n) is 2.84. The predicted molar refractivity (Wildman–Crippen MR) is 109 cm³/mol. The monoisotopic (exact) mass is 387 g/mol. The second-order valence-corrected chi connectivity index (χ2v) is 6.18. The van der Waals surface area contributed by atoms with E-state index in [1.807, 2.05) is 42.5 Å². The summed E-state index contributed by atoms with van der Waals surface area (Å²) in [6.07, 6.45) is 0. The van der Waals surface area contributed by atoms with Crippen molar-refractivity contribution >= 4 is 34.3 Å². The Hall–Kier alpha value is -4.20. The van der Waals surface area contributed by atoms with Crippen molar-refractivity contribution < 1.29 is 14.6 Å². The number of phenols is 1. The van der Waals surface area contributed by atoms with E-state index in [-0.39, 0.29) is 35.6 Å². The Morgan fingerprint density at radius 1 is 0.966 bits per heavy atom. The maximum atomic E-state index is 12.4. The van der Waals surface area contributed by atoms with E-state index in [4.69, 9.17) is 10.5 Å². The number of hydrogen-bond acceptors (Lipinski definition) is 8. The Bertz CT molecular complexity index is 1180. The average Bonchev–Trinajstić information content (AvgIpc) is 2.73. The molecule has 4 N–H and O–H groups in total. The number of para-hydroxylation sites is 1. The minimum atomic E-state index is -0.690. The number of fused-ring (bicyclic) bond motifs is 1. The number of nitrogens with one attached hydrogen (secondary N) is 1. The lowest BCUT2D eigenvalue weighted by Gasteiger charge is -2.09. The Balaban J connectivity index is 1.50. The van der Waals surface area contributed by atoms with E-state index in [1.54, 1.807) is 18.2 Å². The fraction of sp³-hybridized carbons (Fsp3) is 0.0476. The number of rotatable bonds is 5. The van der Waals surface area contributed by atoms with Gasteiger partial charge in [-0.1, -0.05) is 48.5 Å². The molecule has 0 amide bonds. The Morgan fingerprint density at radius 2 is 1.72 bits per heavy atom. The molecule has 0 bridgehead atoms. The lowest BCUT2D eigenvalue weighted by Crippen LogP contribution is -2.11. The molecule has 0 atom stereocenters. The SMILES string of the molecule is Nc1nc(COC(=O)c2ccc3ccccc3c2O)nc(Nc2ccccc2)n1. The molecule has 1 heterocycles. The van der Waals surface area contributed by atoms with Crippen molar-refractivity contribution in [2.75, 3.05) is 11.1 Å². The minimum absolute atomic E-state index is 0.00182. The van der Waals surface area contributed by atoms with Gasteiger partial charge >= 0.3 is 5.97 Å². The van der Waals surface area contributed by atoms with Crippen LogP contribution in [-0.4, -0.2) is 26.0 Å². The van der Waals surface area contributed by atoms with Gasteiger partial charge in [-0.2, -0.15) is 15.0 Å². The van der Waals surface area contributed by atoms with E-state index in [2.05, 4.69) is 20.3 Å². The number of hydrogen-bond donors (Lipinski definition) is 3. The van der Waals surface area contributed by atoms with Crippen molar-refractivity contribution in [2.45, 2.75) is 6.61 Å². The smallest absolute Gasteiger partial charge is 0.342 e. The number of esters is 1. The van der Waals surface area contributed by atoms with Gasteiger partial charge in [0.15, 0.2) is 12.4 Å². The summed E-state index contributed by atoms with van der Waals surface area (Å²) >= 11 is 0. The van der Waals surface area contributed by atoms with Gasteiger partial charge in [0, 0.05) is 11.1 Å². The van der Waals surface area contributed by atoms with Crippen LogP contribution in [0, 0.1) is 0 Å². The molecule has 0 radical (unpaired) electrons. The molecule has 0 unspecified atom stereocenters. The van der Waals surface area contributed by atoms with Crippen LogP contribution in [0.5, 0.6) is 5.75 Å². The minimum Gasteiger partial charge on any atom is -0.506 e. The largest absolute Gasteiger partial charge is 0.506 e. The Labute approximate surface area is 166 Å². The molecule has 3 aromatic carbocycles. The molecule has 4 rings (SSSR count). The molecule has 0 fully saturated rings. The second kappa shape index (κ2) is 7.81.